The monoisotopic (exact) mass is 325 g/mol. The molecule has 2 fully saturated rings. The number of fused-ring (bicyclic) bond motifs is 2. The summed E-state index contributed by atoms with van der Waals surface area (Å²) in [6.45, 7) is 1.07. The summed E-state index contributed by atoms with van der Waals surface area (Å²) in [5.41, 5.74) is 1.83. The molecule has 0 aliphatic heterocycles. The van der Waals surface area contributed by atoms with Crippen LogP contribution in [0.1, 0.15) is 31.2 Å². The van der Waals surface area contributed by atoms with Crippen LogP contribution in [0.5, 0.6) is 0 Å². The van der Waals surface area contributed by atoms with Gasteiger partial charge in [-0.05, 0) is 49.1 Å². The first-order chi connectivity index (χ1) is 9.19. The molecule has 1 aromatic rings. The smallest absolute Gasteiger partial charge is 0.129 e. The zero-order chi connectivity index (χ0) is 13.4. The maximum Gasteiger partial charge on any atom is 0.129 e. The molecule has 1 aromatic carbocycles. The van der Waals surface area contributed by atoms with Gasteiger partial charge in [0.1, 0.15) is 5.82 Å². The molecule has 2 saturated carbocycles. The maximum atomic E-state index is 13.8. The highest BCUT2D eigenvalue weighted by Crippen LogP contribution is 2.48. The van der Waals surface area contributed by atoms with Gasteiger partial charge in [-0.2, -0.15) is 0 Å². The molecule has 0 N–H and O–H groups in total. The average Bonchev–Trinajstić information content (AvgIpc) is 3.00. The molecule has 0 aromatic heterocycles. The van der Waals surface area contributed by atoms with Gasteiger partial charge in [0.15, 0.2) is 0 Å². The summed E-state index contributed by atoms with van der Waals surface area (Å²) in [5, 5.41) is 0.579. The van der Waals surface area contributed by atoms with E-state index in [1.807, 2.05) is 12.1 Å². The number of halogens is 2. The van der Waals surface area contributed by atoms with E-state index in [2.05, 4.69) is 27.9 Å². The van der Waals surface area contributed by atoms with Gasteiger partial charge in [-0.3, -0.25) is 0 Å². The van der Waals surface area contributed by atoms with E-state index < -0.39 is 0 Å². The fourth-order valence-electron chi connectivity index (χ4n) is 4.09. The molecule has 0 saturated heterocycles. The van der Waals surface area contributed by atoms with E-state index in [1.54, 1.807) is 6.07 Å². The van der Waals surface area contributed by atoms with Crippen molar-refractivity contribution in [3.8, 4) is 0 Å². The van der Waals surface area contributed by atoms with Crippen LogP contribution in [0.2, 0.25) is 0 Å². The summed E-state index contributed by atoms with van der Waals surface area (Å²) in [6.07, 6.45) is 5.68. The lowest BCUT2D eigenvalue weighted by Crippen LogP contribution is -2.29. The van der Waals surface area contributed by atoms with E-state index in [0.717, 1.165) is 35.5 Å². The van der Waals surface area contributed by atoms with Crippen molar-refractivity contribution in [3.63, 3.8) is 0 Å². The van der Waals surface area contributed by atoms with Gasteiger partial charge in [0.2, 0.25) is 0 Å². The van der Waals surface area contributed by atoms with Crippen molar-refractivity contribution >= 4 is 21.6 Å². The van der Waals surface area contributed by atoms with Gasteiger partial charge in [-0.1, -0.05) is 28.4 Å². The fraction of sp³-hybridized carbons (Fsp3) is 0.625. The predicted molar refractivity (Wildman–Crippen MR) is 81.2 cm³/mol. The second-order valence-electron chi connectivity index (χ2n) is 6.19. The van der Waals surface area contributed by atoms with Gasteiger partial charge in [0, 0.05) is 30.2 Å². The molecule has 0 amide bonds. The second kappa shape index (κ2) is 5.43. The summed E-state index contributed by atoms with van der Waals surface area (Å²) in [6, 6.07) is 5.40. The topological polar surface area (TPSA) is 3.24 Å². The lowest BCUT2D eigenvalue weighted by Gasteiger charge is -2.29. The molecule has 0 heterocycles. The summed E-state index contributed by atoms with van der Waals surface area (Å²) >= 11 is 3.41. The SMILES string of the molecule is CN(CC1CC2CCC1C2)c1cccc(F)c1CBr. The molecule has 1 nitrogen and oxygen atoms in total. The molecule has 0 spiro atoms. The summed E-state index contributed by atoms with van der Waals surface area (Å²) in [4.78, 5) is 2.26. The zero-order valence-electron chi connectivity index (χ0n) is 11.4. The molecule has 3 unspecified atom stereocenters. The number of nitrogens with zero attached hydrogens (tertiary/aromatic N) is 1. The number of hydrogen-bond acceptors (Lipinski definition) is 1. The normalized spacial score (nSPS) is 28.9. The summed E-state index contributed by atoms with van der Waals surface area (Å²) in [7, 11) is 2.10. The first kappa shape index (κ1) is 13.4. The number of hydrogen-bond donors (Lipinski definition) is 0. The van der Waals surface area contributed by atoms with Crippen LogP contribution < -0.4 is 4.90 Å². The van der Waals surface area contributed by atoms with Crippen LogP contribution in [0.25, 0.3) is 0 Å². The van der Waals surface area contributed by atoms with Crippen molar-refractivity contribution in [1.82, 2.24) is 0 Å². The highest BCUT2D eigenvalue weighted by Gasteiger charge is 2.39. The van der Waals surface area contributed by atoms with Crippen molar-refractivity contribution < 1.29 is 4.39 Å². The maximum absolute atomic E-state index is 13.8. The minimum atomic E-state index is -0.103. The molecule has 2 aliphatic rings. The highest BCUT2D eigenvalue weighted by molar-refractivity contribution is 9.08. The second-order valence-corrected chi connectivity index (χ2v) is 6.75. The molecular formula is C16H21BrFN. The first-order valence-electron chi connectivity index (χ1n) is 7.23. The van der Waals surface area contributed by atoms with Crippen LogP contribution >= 0.6 is 15.9 Å². The van der Waals surface area contributed by atoms with Crippen molar-refractivity contribution in [2.45, 2.75) is 31.0 Å². The van der Waals surface area contributed by atoms with Crippen LogP contribution in [0.15, 0.2) is 18.2 Å². The molecule has 3 rings (SSSR count). The minimum Gasteiger partial charge on any atom is -0.374 e. The van der Waals surface area contributed by atoms with E-state index in [4.69, 9.17) is 0 Å². The fourth-order valence-corrected chi connectivity index (χ4v) is 4.64. The van der Waals surface area contributed by atoms with Crippen LogP contribution in [0.4, 0.5) is 10.1 Å². The van der Waals surface area contributed by atoms with Crippen molar-refractivity contribution in [3.05, 3.63) is 29.6 Å². The quantitative estimate of drug-likeness (QED) is 0.731. The Bertz CT molecular complexity index is 462. The third-order valence-corrected chi connectivity index (χ3v) is 5.59. The van der Waals surface area contributed by atoms with Gasteiger partial charge in [-0.15, -0.1) is 0 Å². The standard InChI is InChI=1S/C16H21BrFN/c1-19(10-13-8-11-5-6-12(13)7-11)16-4-2-3-15(18)14(16)9-17/h2-4,11-13H,5-10H2,1H3. The number of benzene rings is 1. The van der Waals surface area contributed by atoms with E-state index >= 15 is 0 Å². The summed E-state index contributed by atoms with van der Waals surface area (Å²) < 4.78 is 13.8. The van der Waals surface area contributed by atoms with Crippen LogP contribution in [0.3, 0.4) is 0 Å². The van der Waals surface area contributed by atoms with Gasteiger partial charge in [-0.25, -0.2) is 4.39 Å². The molecule has 2 bridgehead atoms. The van der Waals surface area contributed by atoms with Crippen molar-refractivity contribution in [2.24, 2.45) is 17.8 Å². The third kappa shape index (κ3) is 2.54. The Morgan fingerprint density at radius 2 is 2.16 bits per heavy atom. The summed E-state index contributed by atoms with van der Waals surface area (Å²) in [5.74, 6) is 2.62. The van der Waals surface area contributed by atoms with Crippen LogP contribution in [-0.4, -0.2) is 13.6 Å². The molecule has 19 heavy (non-hydrogen) atoms. The lowest BCUT2D eigenvalue weighted by molar-refractivity contribution is 0.337. The highest BCUT2D eigenvalue weighted by atomic mass is 79.9. The van der Waals surface area contributed by atoms with Gasteiger partial charge < -0.3 is 4.90 Å². The molecule has 104 valence electrons. The van der Waals surface area contributed by atoms with Gasteiger partial charge in [0.05, 0.1) is 0 Å². The zero-order valence-corrected chi connectivity index (χ0v) is 13.0. The Hall–Kier alpha value is -0.570. The number of alkyl halides is 1. The van der Waals surface area contributed by atoms with Crippen LogP contribution in [0, 0.1) is 23.6 Å². The van der Waals surface area contributed by atoms with Gasteiger partial charge >= 0.3 is 0 Å². The van der Waals surface area contributed by atoms with E-state index in [1.165, 1.54) is 25.7 Å². The third-order valence-electron chi connectivity index (χ3n) is 5.03. The molecule has 3 atom stereocenters. The van der Waals surface area contributed by atoms with E-state index in [-0.39, 0.29) is 5.82 Å². The van der Waals surface area contributed by atoms with E-state index in [9.17, 15) is 4.39 Å². The predicted octanol–water partition coefficient (Wildman–Crippen LogP) is 4.59. The largest absolute Gasteiger partial charge is 0.374 e. The Labute approximate surface area is 123 Å². The molecule has 3 heteroatoms. The number of rotatable bonds is 4. The lowest BCUT2D eigenvalue weighted by atomic mass is 9.88. The minimum absolute atomic E-state index is 0.103. The Balaban J connectivity index is 1.73. The Morgan fingerprint density at radius 1 is 1.32 bits per heavy atom. The number of anilines is 1. The molecule has 0 radical (unpaired) electrons. The van der Waals surface area contributed by atoms with Gasteiger partial charge in [0.25, 0.3) is 0 Å². The van der Waals surface area contributed by atoms with Crippen molar-refractivity contribution in [2.75, 3.05) is 18.5 Å². The first-order valence-corrected chi connectivity index (χ1v) is 8.35. The molecular weight excluding hydrogens is 305 g/mol. The van der Waals surface area contributed by atoms with Crippen LogP contribution in [-0.2, 0) is 5.33 Å². The van der Waals surface area contributed by atoms with Crippen molar-refractivity contribution in [1.29, 1.82) is 0 Å². The Kier molecular flexibility index (Phi) is 3.84. The van der Waals surface area contributed by atoms with E-state index in [0.29, 0.717) is 5.33 Å². The average molecular weight is 326 g/mol. The molecule has 2 aliphatic carbocycles. The Morgan fingerprint density at radius 3 is 2.79 bits per heavy atom.